The maximum atomic E-state index is 9.07. The number of nitrogens with two attached hydrogens (primary N) is 1. The molecule has 0 radical (unpaired) electrons. The molecule has 5 heteroatoms. The maximum Gasteiger partial charge on any atom is 0.143 e. The summed E-state index contributed by atoms with van der Waals surface area (Å²) in [5, 5.41) is 12.7. The number of hydrogen-bond donors (Lipinski definition) is 2. The molecular weight excluding hydrogens is 262 g/mol. The summed E-state index contributed by atoms with van der Waals surface area (Å²) in [4.78, 5) is 0. The molecule has 0 saturated heterocycles. The molecule has 4 nitrogen and oxygen atoms in total. The van der Waals surface area contributed by atoms with Gasteiger partial charge < -0.3 is 15.8 Å². The summed E-state index contributed by atoms with van der Waals surface area (Å²) < 4.78 is 5.15. The number of anilines is 3. The number of benzene rings is 2. The Balaban J connectivity index is 2.42. The van der Waals surface area contributed by atoms with E-state index in [2.05, 4.69) is 11.4 Å². The summed E-state index contributed by atoms with van der Waals surface area (Å²) in [5.74, 6) is 0.575. The highest BCUT2D eigenvalue weighted by molar-refractivity contribution is 6.30. The van der Waals surface area contributed by atoms with Gasteiger partial charge in [0.05, 0.1) is 29.7 Å². The number of ether oxygens (including phenoxy) is 1. The first kappa shape index (κ1) is 13.1. The largest absolute Gasteiger partial charge is 0.495 e. The van der Waals surface area contributed by atoms with Gasteiger partial charge in [-0.3, -0.25) is 0 Å². The predicted molar refractivity (Wildman–Crippen MR) is 76.9 cm³/mol. The smallest absolute Gasteiger partial charge is 0.143 e. The normalized spacial score (nSPS) is 9.74. The monoisotopic (exact) mass is 273 g/mol. The summed E-state index contributed by atoms with van der Waals surface area (Å²) in [6.07, 6.45) is 0. The van der Waals surface area contributed by atoms with Crippen molar-refractivity contribution < 1.29 is 4.74 Å². The lowest BCUT2D eigenvalue weighted by Crippen LogP contribution is -2.00. The second-order valence-electron chi connectivity index (χ2n) is 3.85. The quantitative estimate of drug-likeness (QED) is 0.839. The highest BCUT2D eigenvalue weighted by atomic mass is 35.5. The van der Waals surface area contributed by atoms with E-state index in [1.807, 2.05) is 6.07 Å². The molecule has 0 spiro atoms. The lowest BCUT2D eigenvalue weighted by atomic mass is 10.1. The van der Waals surface area contributed by atoms with Gasteiger partial charge in [-0.25, -0.2) is 0 Å². The van der Waals surface area contributed by atoms with Crippen LogP contribution in [0.2, 0.25) is 5.02 Å². The van der Waals surface area contributed by atoms with Crippen LogP contribution in [0.5, 0.6) is 5.75 Å². The highest BCUT2D eigenvalue weighted by Crippen LogP contribution is 2.32. The molecule has 0 aliphatic heterocycles. The average Bonchev–Trinajstić information content (AvgIpc) is 2.41. The molecule has 0 amide bonds. The van der Waals surface area contributed by atoms with Crippen LogP contribution < -0.4 is 15.8 Å². The van der Waals surface area contributed by atoms with Crippen molar-refractivity contribution in [1.82, 2.24) is 0 Å². The molecular formula is C14H12ClN3O. The number of nitrogen functional groups attached to an aromatic ring is 1. The van der Waals surface area contributed by atoms with Crippen LogP contribution in [0.1, 0.15) is 5.56 Å². The van der Waals surface area contributed by atoms with Gasteiger partial charge in [0.15, 0.2) is 0 Å². The molecule has 2 rings (SSSR count). The number of nitrogens with zero attached hydrogens (tertiary/aromatic N) is 1. The van der Waals surface area contributed by atoms with Gasteiger partial charge in [0.2, 0.25) is 0 Å². The van der Waals surface area contributed by atoms with E-state index in [4.69, 9.17) is 27.3 Å². The number of rotatable bonds is 3. The van der Waals surface area contributed by atoms with Crippen LogP contribution in [0.3, 0.4) is 0 Å². The van der Waals surface area contributed by atoms with E-state index < -0.39 is 0 Å². The highest BCUT2D eigenvalue weighted by Gasteiger charge is 2.08. The van der Waals surface area contributed by atoms with E-state index in [0.29, 0.717) is 33.4 Å². The molecule has 0 aliphatic carbocycles. The Labute approximate surface area is 116 Å². The SMILES string of the molecule is COc1cccc(Nc2cc(Cl)ccc2C#N)c1N. The van der Waals surface area contributed by atoms with E-state index in [1.54, 1.807) is 37.4 Å². The Bertz CT molecular complexity index is 650. The Kier molecular flexibility index (Phi) is 3.79. The van der Waals surface area contributed by atoms with Gasteiger partial charge in [-0.15, -0.1) is 0 Å². The van der Waals surface area contributed by atoms with Crippen molar-refractivity contribution in [3.05, 3.63) is 47.0 Å². The van der Waals surface area contributed by atoms with Crippen LogP contribution in [0.25, 0.3) is 0 Å². The summed E-state index contributed by atoms with van der Waals surface area (Å²) in [7, 11) is 1.55. The molecule has 0 fully saturated rings. The second-order valence-corrected chi connectivity index (χ2v) is 4.28. The van der Waals surface area contributed by atoms with Crippen molar-refractivity contribution in [1.29, 1.82) is 5.26 Å². The number of para-hydroxylation sites is 1. The minimum absolute atomic E-state index is 0.480. The fourth-order valence-corrected chi connectivity index (χ4v) is 1.87. The van der Waals surface area contributed by atoms with Crippen LogP contribution >= 0.6 is 11.6 Å². The van der Waals surface area contributed by atoms with Crippen LogP contribution in [0, 0.1) is 11.3 Å². The number of hydrogen-bond acceptors (Lipinski definition) is 4. The first-order valence-electron chi connectivity index (χ1n) is 5.55. The van der Waals surface area contributed by atoms with E-state index in [1.165, 1.54) is 0 Å². The Morgan fingerprint density at radius 2 is 2.05 bits per heavy atom. The third-order valence-electron chi connectivity index (χ3n) is 2.66. The van der Waals surface area contributed by atoms with Crippen LogP contribution in [-0.4, -0.2) is 7.11 Å². The van der Waals surface area contributed by atoms with Crippen molar-refractivity contribution in [3.63, 3.8) is 0 Å². The number of nitrogens with one attached hydrogen (secondary N) is 1. The zero-order chi connectivity index (χ0) is 13.8. The molecule has 96 valence electrons. The average molecular weight is 274 g/mol. The molecule has 2 aromatic carbocycles. The van der Waals surface area contributed by atoms with Gasteiger partial charge in [0.1, 0.15) is 11.8 Å². The second kappa shape index (κ2) is 5.51. The Hall–Kier alpha value is -2.38. The van der Waals surface area contributed by atoms with Crippen LogP contribution in [-0.2, 0) is 0 Å². The van der Waals surface area contributed by atoms with Gasteiger partial charge in [0, 0.05) is 5.02 Å². The maximum absolute atomic E-state index is 9.07. The minimum atomic E-state index is 0.480. The molecule has 0 bridgehead atoms. The summed E-state index contributed by atoms with van der Waals surface area (Å²) >= 11 is 5.93. The Morgan fingerprint density at radius 1 is 1.26 bits per heavy atom. The topological polar surface area (TPSA) is 71.1 Å². The zero-order valence-electron chi connectivity index (χ0n) is 10.3. The number of halogens is 1. The lowest BCUT2D eigenvalue weighted by Gasteiger charge is -2.13. The predicted octanol–water partition coefficient (Wildman–Crippen LogP) is 3.55. The standard InChI is InChI=1S/C14H12ClN3O/c1-19-13-4-2-3-11(14(13)17)18-12-7-10(15)6-5-9(12)8-16/h2-7,18H,17H2,1H3. The van der Waals surface area contributed by atoms with Crippen molar-refractivity contribution >= 4 is 28.7 Å². The summed E-state index contributed by atoms with van der Waals surface area (Å²) in [6, 6.07) is 12.5. The number of methoxy groups -OCH3 is 1. The molecule has 0 heterocycles. The third-order valence-corrected chi connectivity index (χ3v) is 2.89. The fraction of sp³-hybridized carbons (Fsp3) is 0.0714. The minimum Gasteiger partial charge on any atom is -0.495 e. The fourth-order valence-electron chi connectivity index (χ4n) is 1.69. The van der Waals surface area contributed by atoms with Crippen molar-refractivity contribution in [2.45, 2.75) is 0 Å². The summed E-state index contributed by atoms with van der Waals surface area (Å²) in [5.41, 5.74) is 8.21. The molecule has 0 saturated carbocycles. The van der Waals surface area contributed by atoms with E-state index in [0.717, 1.165) is 0 Å². The van der Waals surface area contributed by atoms with Crippen molar-refractivity contribution in [2.75, 3.05) is 18.2 Å². The summed E-state index contributed by atoms with van der Waals surface area (Å²) in [6.45, 7) is 0. The van der Waals surface area contributed by atoms with Gasteiger partial charge in [0.25, 0.3) is 0 Å². The van der Waals surface area contributed by atoms with Gasteiger partial charge in [-0.05, 0) is 30.3 Å². The first-order valence-corrected chi connectivity index (χ1v) is 5.92. The first-order chi connectivity index (χ1) is 9.15. The van der Waals surface area contributed by atoms with Gasteiger partial charge in [-0.2, -0.15) is 5.26 Å². The van der Waals surface area contributed by atoms with Gasteiger partial charge in [-0.1, -0.05) is 17.7 Å². The molecule has 2 aromatic rings. The molecule has 3 N–H and O–H groups in total. The van der Waals surface area contributed by atoms with E-state index in [9.17, 15) is 0 Å². The van der Waals surface area contributed by atoms with E-state index in [-0.39, 0.29) is 0 Å². The molecule has 0 aromatic heterocycles. The number of nitriles is 1. The molecule has 0 unspecified atom stereocenters. The molecule has 19 heavy (non-hydrogen) atoms. The molecule has 0 atom stereocenters. The Morgan fingerprint density at radius 3 is 2.74 bits per heavy atom. The van der Waals surface area contributed by atoms with Crippen LogP contribution in [0.4, 0.5) is 17.1 Å². The van der Waals surface area contributed by atoms with Gasteiger partial charge >= 0.3 is 0 Å². The lowest BCUT2D eigenvalue weighted by molar-refractivity contribution is 0.417. The zero-order valence-corrected chi connectivity index (χ0v) is 11.0. The van der Waals surface area contributed by atoms with E-state index >= 15 is 0 Å². The third kappa shape index (κ3) is 2.72. The van der Waals surface area contributed by atoms with Crippen LogP contribution in [0.15, 0.2) is 36.4 Å². The van der Waals surface area contributed by atoms with Crippen molar-refractivity contribution in [2.24, 2.45) is 0 Å². The molecule has 0 aliphatic rings. The van der Waals surface area contributed by atoms with Crippen molar-refractivity contribution in [3.8, 4) is 11.8 Å².